The van der Waals surface area contributed by atoms with E-state index < -0.39 is 0 Å². The van der Waals surface area contributed by atoms with Crippen molar-refractivity contribution in [3.8, 4) is 0 Å². The number of benzene rings is 1. The molecular weight excluding hydrogens is 236 g/mol. The van der Waals surface area contributed by atoms with Crippen LogP contribution in [0.3, 0.4) is 0 Å². The molecule has 2 heterocycles. The average Bonchev–Trinajstić information content (AvgIpc) is 2.88. The minimum Gasteiger partial charge on any atom is -0.377 e. The van der Waals surface area contributed by atoms with Crippen LogP contribution < -0.4 is 5.73 Å². The monoisotopic (exact) mass is 260 g/mol. The normalized spacial score (nSPS) is 25.8. The third-order valence-electron chi connectivity index (χ3n) is 4.56. The van der Waals surface area contributed by atoms with Gasteiger partial charge in [0.05, 0.1) is 6.10 Å². The number of hydrogen-bond acceptors (Lipinski definition) is 3. The van der Waals surface area contributed by atoms with Gasteiger partial charge in [-0.25, -0.2) is 0 Å². The van der Waals surface area contributed by atoms with Crippen LogP contribution in [0.4, 0.5) is 0 Å². The summed E-state index contributed by atoms with van der Waals surface area (Å²) in [5, 5.41) is 0. The van der Waals surface area contributed by atoms with Gasteiger partial charge in [-0.2, -0.15) is 0 Å². The van der Waals surface area contributed by atoms with Gasteiger partial charge in [0.2, 0.25) is 0 Å². The summed E-state index contributed by atoms with van der Waals surface area (Å²) in [7, 11) is 0. The highest BCUT2D eigenvalue weighted by molar-refractivity contribution is 5.28. The molecule has 3 nitrogen and oxygen atoms in total. The van der Waals surface area contributed by atoms with Gasteiger partial charge < -0.3 is 10.5 Å². The van der Waals surface area contributed by atoms with Crippen LogP contribution in [0.15, 0.2) is 24.3 Å². The lowest BCUT2D eigenvalue weighted by molar-refractivity contribution is 0.0288. The molecule has 104 valence electrons. The predicted molar refractivity (Wildman–Crippen MR) is 77.2 cm³/mol. The molecule has 0 aromatic heterocycles. The summed E-state index contributed by atoms with van der Waals surface area (Å²) in [4.78, 5) is 2.55. The lowest BCUT2D eigenvalue weighted by Crippen LogP contribution is -2.49. The zero-order chi connectivity index (χ0) is 13.1. The summed E-state index contributed by atoms with van der Waals surface area (Å²) >= 11 is 0. The Morgan fingerprint density at radius 3 is 2.42 bits per heavy atom. The molecule has 0 spiro atoms. The Kier molecular flexibility index (Phi) is 4.16. The third kappa shape index (κ3) is 2.83. The quantitative estimate of drug-likeness (QED) is 0.897. The number of nitrogens with two attached hydrogens (primary N) is 1. The Labute approximate surface area is 115 Å². The van der Waals surface area contributed by atoms with E-state index in [1.165, 1.54) is 24.0 Å². The lowest BCUT2D eigenvalue weighted by atomic mass is 10.0. The third-order valence-corrected chi connectivity index (χ3v) is 4.56. The van der Waals surface area contributed by atoms with E-state index in [1.807, 2.05) is 0 Å². The Hall–Kier alpha value is -0.900. The van der Waals surface area contributed by atoms with Gasteiger partial charge in [-0.1, -0.05) is 24.3 Å². The van der Waals surface area contributed by atoms with Crippen LogP contribution >= 0.6 is 0 Å². The van der Waals surface area contributed by atoms with E-state index in [9.17, 15) is 0 Å². The van der Waals surface area contributed by atoms with Gasteiger partial charge in [-0.05, 0) is 36.8 Å². The van der Waals surface area contributed by atoms with Gasteiger partial charge in [0.1, 0.15) is 0 Å². The Balaban J connectivity index is 1.69. The Morgan fingerprint density at radius 1 is 1.21 bits per heavy atom. The molecule has 19 heavy (non-hydrogen) atoms. The topological polar surface area (TPSA) is 38.5 Å². The summed E-state index contributed by atoms with van der Waals surface area (Å²) < 4.78 is 5.86. The molecule has 1 aromatic rings. The molecule has 3 heteroatoms. The van der Waals surface area contributed by atoms with Gasteiger partial charge in [0, 0.05) is 32.3 Å². The maximum absolute atomic E-state index is 6.02. The van der Waals surface area contributed by atoms with Crippen LogP contribution in [-0.4, -0.2) is 43.3 Å². The fourth-order valence-corrected chi connectivity index (χ4v) is 3.46. The second kappa shape index (κ2) is 6.04. The first-order chi connectivity index (χ1) is 9.38. The predicted octanol–water partition coefficient (Wildman–Crippen LogP) is 1.59. The van der Waals surface area contributed by atoms with Gasteiger partial charge >= 0.3 is 0 Å². The van der Waals surface area contributed by atoms with Crippen LogP contribution in [0, 0.1) is 0 Å². The second-order valence-electron chi connectivity index (χ2n) is 5.66. The van der Waals surface area contributed by atoms with E-state index in [0.29, 0.717) is 18.7 Å². The largest absolute Gasteiger partial charge is 0.377 e. The van der Waals surface area contributed by atoms with Crippen molar-refractivity contribution in [3.63, 3.8) is 0 Å². The number of ether oxygens (including phenoxy) is 1. The zero-order valence-corrected chi connectivity index (χ0v) is 11.6. The minimum absolute atomic E-state index is 0.353. The second-order valence-corrected chi connectivity index (χ2v) is 5.66. The molecule has 0 amide bonds. The van der Waals surface area contributed by atoms with Gasteiger partial charge in [-0.15, -0.1) is 0 Å². The van der Waals surface area contributed by atoms with E-state index in [1.54, 1.807) is 0 Å². The van der Waals surface area contributed by atoms with Gasteiger partial charge in [0.25, 0.3) is 0 Å². The zero-order valence-electron chi connectivity index (χ0n) is 11.6. The van der Waals surface area contributed by atoms with Gasteiger partial charge in [-0.3, -0.25) is 4.90 Å². The molecule has 1 aromatic carbocycles. The molecule has 3 rings (SSSR count). The maximum Gasteiger partial charge on any atom is 0.0743 e. The van der Waals surface area contributed by atoms with E-state index in [2.05, 4.69) is 29.2 Å². The molecule has 2 atom stereocenters. The molecule has 2 aliphatic heterocycles. The van der Waals surface area contributed by atoms with Crippen molar-refractivity contribution < 1.29 is 4.74 Å². The van der Waals surface area contributed by atoms with E-state index in [-0.39, 0.29) is 0 Å². The summed E-state index contributed by atoms with van der Waals surface area (Å²) in [6.45, 7) is 3.84. The summed E-state index contributed by atoms with van der Waals surface area (Å²) in [5.74, 6) is 0. The van der Waals surface area contributed by atoms with Crippen LogP contribution in [0.1, 0.15) is 24.0 Å². The lowest BCUT2D eigenvalue weighted by Gasteiger charge is -2.33. The average molecular weight is 260 g/mol. The summed E-state index contributed by atoms with van der Waals surface area (Å²) in [5.41, 5.74) is 9.03. The smallest absolute Gasteiger partial charge is 0.0743 e. The number of nitrogens with zero attached hydrogens (tertiary/aromatic N) is 1. The summed E-state index contributed by atoms with van der Waals surface area (Å²) in [6, 6.07) is 9.23. The van der Waals surface area contributed by atoms with Crippen molar-refractivity contribution in [2.24, 2.45) is 5.73 Å². The molecule has 1 fully saturated rings. The number of fused-ring (bicyclic) bond motifs is 1. The van der Waals surface area contributed by atoms with Crippen molar-refractivity contribution in [2.75, 3.05) is 26.2 Å². The molecule has 2 unspecified atom stereocenters. The molecule has 0 saturated carbocycles. The SMILES string of the molecule is NCC(C1CCCO1)N1CCc2ccccc2CC1. The summed E-state index contributed by atoms with van der Waals surface area (Å²) in [6.07, 6.45) is 4.99. The molecule has 0 bridgehead atoms. The molecule has 2 aliphatic rings. The molecule has 2 N–H and O–H groups in total. The first-order valence-electron chi connectivity index (χ1n) is 7.51. The first kappa shape index (κ1) is 13.1. The highest BCUT2D eigenvalue weighted by Crippen LogP contribution is 2.22. The van der Waals surface area contributed by atoms with Crippen LogP contribution in [0.5, 0.6) is 0 Å². The van der Waals surface area contributed by atoms with Crippen molar-refractivity contribution in [1.29, 1.82) is 0 Å². The van der Waals surface area contributed by atoms with Crippen molar-refractivity contribution in [2.45, 2.75) is 37.8 Å². The van der Waals surface area contributed by atoms with E-state index in [0.717, 1.165) is 32.5 Å². The van der Waals surface area contributed by atoms with Crippen LogP contribution in [0.25, 0.3) is 0 Å². The number of hydrogen-bond donors (Lipinski definition) is 1. The molecule has 0 radical (unpaired) electrons. The first-order valence-corrected chi connectivity index (χ1v) is 7.51. The Morgan fingerprint density at radius 2 is 1.89 bits per heavy atom. The minimum atomic E-state index is 0.353. The van der Waals surface area contributed by atoms with Crippen LogP contribution in [0.2, 0.25) is 0 Å². The standard InChI is InChI=1S/C16H24N2O/c17-12-15(16-6-3-11-19-16)18-9-7-13-4-1-2-5-14(13)8-10-18/h1-2,4-5,15-16H,3,6-12,17H2. The van der Waals surface area contributed by atoms with Crippen molar-refractivity contribution >= 4 is 0 Å². The van der Waals surface area contributed by atoms with Crippen LogP contribution in [-0.2, 0) is 17.6 Å². The van der Waals surface area contributed by atoms with Gasteiger partial charge in [0.15, 0.2) is 0 Å². The highest BCUT2D eigenvalue weighted by Gasteiger charge is 2.30. The van der Waals surface area contributed by atoms with E-state index in [4.69, 9.17) is 10.5 Å². The molecular formula is C16H24N2O. The fourth-order valence-electron chi connectivity index (χ4n) is 3.46. The molecule has 0 aliphatic carbocycles. The highest BCUT2D eigenvalue weighted by atomic mass is 16.5. The van der Waals surface area contributed by atoms with Crippen molar-refractivity contribution in [1.82, 2.24) is 4.90 Å². The number of rotatable bonds is 3. The molecule has 1 saturated heterocycles. The maximum atomic E-state index is 6.02. The van der Waals surface area contributed by atoms with Crippen molar-refractivity contribution in [3.05, 3.63) is 35.4 Å². The Bertz CT molecular complexity index is 388. The fraction of sp³-hybridized carbons (Fsp3) is 0.625. The van der Waals surface area contributed by atoms with E-state index >= 15 is 0 Å².